The lowest BCUT2D eigenvalue weighted by molar-refractivity contribution is -0.127. The fourth-order valence-electron chi connectivity index (χ4n) is 3.76. The molecular formula is C26H27N3O2. The molecule has 0 atom stereocenters. The first-order valence-electron chi connectivity index (χ1n) is 10.6. The van der Waals surface area contributed by atoms with Gasteiger partial charge in [0, 0.05) is 17.9 Å². The van der Waals surface area contributed by atoms with Crippen LogP contribution in [0.3, 0.4) is 0 Å². The number of Topliss-reactive ketones (excluding diaryl/α,β-unsaturated/α-hetero) is 1. The Hall–Kier alpha value is -3.40. The number of carbonyl (C=O) groups is 1. The third-order valence-corrected chi connectivity index (χ3v) is 5.27. The molecule has 0 unspecified atom stereocenters. The highest BCUT2D eigenvalue weighted by Gasteiger charge is 2.37. The van der Waals surface area contributed by atoms with Gasteiger partial charge in [-0.2, -0.15) is 0 Å². The first-order valence-corrected chi connectivity index (χ1v) is 10.6. The lowest BCUT2D eigenvalue weighted by Gasteiger charge is -2.35. The van der Waals surface area contributed by atoms with Crippen LogP contribution in [-0.4, -0.2) is 18.9 Å². The minimum absolute atomic E-state index is 0.0228. The Morgan fingerprint density at radius 2 is 1.26 bits per heavy atom. The summed E-state index contributed by atoms with van der Waals surface area (Å²) in [6.07, 6.45) is 2.86. The summed E-state index contributed by atoms with van der Waals surface area (Å²) in [5.41, 5.74) is 10.4. The van der Waals surface area contributed by atoms with Gasteiger partial charge in [-0.15, -0.1) is 0 Å². The number of carbonyl (C=O) groups excluding carboxylic acids is 1. The normalized spacial score (nSPS) is 11.0. The zero-order valence-corrected chi connectivity index (χ0v) is 17.6. The number of hydrogen-bond acceptors (Lipinski definition) is 3. The molecule has 0 radical (unpaired) electrons. The molecule has 3 aromatic carbocycles. The van der Waals surface area contributed by atoms with Crippen LogP contribution in [0.4, 0.5) is 0 Å². The lowest BCUT2D eigenvalue weighted by Crippen LogP contribution is -2.34. The van der Waals surface area contributed by atoms with E-state index >= 15 is 0 Å². The van der Waals surface area contributed by atoms with E-state index in [0.717, 1.165) is 36.0 Å². The van der Waals surface area contributed by atoms with E-state index in [9.17, 15) is 4.79 Å². The van der Waals surface area contributed by atoms with E-state index in [1.807, 2.05) is 91.0 Å². The second kappa shape index (κ2) is 11.7. The number of ether oxygens (including phenoxy) is 1. The first kappa shape index (κ1) is 22.3. The van der Waals surface area contributed by atoms with Crippen LogP contribution in [0.25, 0.3) is 10.4 Å². The van der Waals surface area contributed by atoms with Crippen molar-refractivity contribution >= 4 is 5.78 Å². The zero-order valence-electron chi connectivity index (χ0n) is 17.6. The van der Waals surface area contributed by atoms with Crippen molar-refractivity contribution in [3.8, 4) is 0 Å². The molecule has 0 aromatic heterocycles. The molecule has 5 heteroatoms. The van der Waals surface area contributed by atoms with Crippen molar-refractivity contribution in [1.82, 2.24) is 0 Å². The van der Waals surface area contributed by atoms with Gasteiger partial charge in [-0.05, 0) is 35.1 Å². The summed E-state index contributed by atoms with van der Waals surface area (Å²) < 4.78 is 6.53. The largest absolute Gasteiger partial charge is 0.353 e. The second-order valence-electron chi connectivity index (χ2n) is 7.37. The van der Waals surface area contributed by atoms with Crippen LogP contribution in [0, 0.1) is 0 Å². The van der Waals surface area contributed by atoms with Gasteiger partial charge in [-0.25, -0.2) is 0 Å². The van der Waals surface area contributed by atoms with Crippen molar-refractivity contribution in [3.05, 3.63) is 118 Å². The molecule has 0 fully saturated rings. The van der Waals surface area contributed by atoms with Crippen molar-refractivity contribution in [2.45, 2.75) is 31.3 Å². The Balaban J connectivity index is 1.85. The molecular weight excluding hydrogens is 386 g/mol. The quantitative estimate of drug-likeness (QED) is 0.113. The van der Waals surface area contributed by atoms with E-state index < -0.39 is 5.60 Å². The molecule has 158 valence electrons. The van der Waals surface area contributed by atoms with Crippen LogP contribution >= 0.6 is 0 Å². The standard InChI is InChI=1S/C26H27N3O2/c27-29-28-20-12-4-11-19-25(30)21-31-26(22-13-5-1-6-14-22,23-15-7-2-8-16-23)24-17-9-3-10-18-24/h1-3,5-10,13-18H,4,11-12,19-21H2. The Morgan fingerprint density at radius 1 is 0.774 bits per heavy atom. The number of nitrogens with zero attached hydrogens (tertiary/aromatic N) is 3. The summed E-state index contributed by atoms with van der Waals surface area (Å²) in [6.45, 7) is 0.495. The summed E-state index contributed by atoms with van der Waals surface area (Å²) in [5, 5.41) is 3.53. The second-order valence-corrected chi connectivity index (χ2v) is 7.37. The Morgan fingerprint density at radius 3 is 1.71 bits per heavy atom. The van der Waals surface area contributed by atoms with E-state index in [1.54, 1.807) is 0 Å². The van der Waals surface area contributed by atoms with Crippen molar-refractivity contribution in [2.75, 3.05) is 13.2 Å². The molecule has 0 amide bonds. The predicted octanol–water partition coefficient (Wildman–Crippen LogP) is 6.43. The molecule has 0 heterocycles. The van der Waals surface area contributed by atoms with E-state index in [2.05, 4.69) is 10.0 Å². The first-order chi connectivity index (χ1) is 15.3. The van der Waals surface area contributed by atoms with Gasteiger partial charge in [0.15, 0.2) is 5.78 Å². The third-order valence-electron chi connectivity index (χ3n) is 5.27. The van der Waals surface area contributed by atoms with Crippen molar-refractivity contribution in [1.29, 1.82) is 0 Å². The molecule has 3 aromatic rings. The van der Waals surface area contributed by atoms with Crippen LogP contribution in [-0.2, 0) is 15.1 Å². The topological polar surface area (TPSA) is 75.1 Å². The van der Waals surface area contributed by atoms with Gasteiger partial charge in [0.05, 0.1) is 0 Å². The molecule has 0 aliphatic carbocycles. The highest BCUT2D eigenvalue weighted by atomic mass is 16.5. The summed E-state index contributed by atoms with van der Waals surface area (Å²) in [4.78, 5) is 15.4. The van der Waals surface area contributed by atoms with Gasteiger partial charge in [-0.3, -0.25) is 4.79 Å². The van der Waals surface area contributed by atoms with Gasteiger partial charge in [0.2, 0.25) is 0 Å². The minimum atomic E-state index is -0.874. The monoisotopic (exact) mass is 413 g/mol. The average Bonchev–Trinajstić information content (AvgIpc) is 2.84. The fraction of sp³-hybridized carbons (Fsp3) is 0.269. The van der Waals surface area contributed by atoms with Crippen molar-refractivity contribution < 1.29 is 9.53 Å². The van der Waals surface area contributed by atoms with Gasteiger partial charge in [-0.1, -0.05) is 103 Å². The molecule has 0 spiro atoms. The maximum atomic E-state index is 12.7. The van der Waals surface area contributed by atoms with Crippen LogP contribution in [0.15, 0.2) is 96.1 Å². The number of rotatable bonds is 12. The molecule has 0 bridgehead atoms. The van der Waals surface area contributed by atoms with Crippen LogP contribution < -0.4 is 0 Å². The van der Waals surface area contributed by atoms with Gasteiger partial charge in [0.25, 0.3) is 0 Å². The summed E-state index contributed by atoms with van der Waals surface area (Å²) >= 11 is 0. The summed E-state index contributed by atoms with van der Waals surface area (Å²) in [6, 6.07) is 30.1. The van der Waals surface area contributed by atoms with E-state index in [0.29, 0.717) is 13.0 Å². The number of hydrogen-bond donors (Lipinski definition) is 0. The summed E-state index contributed by atoms with van der Waals surface area (Å²) in [5.74, 6) is 0.0657. The van der Waals surface area contributed by atoms with Crippen LogP contribution in [0.1, 0.15) is 42.4 Å². The molecule has 31 heavy (non-hydrogen) atoms. The van der Waals surface area contributed by atoms with Gasteiger partial charge < -0.3 is 4.74 Å². The molecule has 0 N–H and O–H groups in total. The highest BCUT2D eigenvalue weighted by molar-refractivity contribution is 5.79. The maximum Gasteiger partial charge on any atom is 0.158 e. The summed E-state index contributed by atoms with van der Waals surface area (Å²) in [7, 11) is 0. The molecule has 5 nitrogen and oxygen atoms in total. The SMILES string of the molecule is [N-]=[N+]=NCCCCCC(=O)COC(c1ccccc1)(c1ccccc1)c1ccccc1. The van der Waals surface area contributed by atoms with Gasteiger partial charge >= 0.3 is 0 Å². The number of benzene rings is 3. The van der Waals surface area contributed by atoms with Crippen LogP contribution in [0.5, 0.6) is 0 Å². The maximum absolute atomic E-state index is 12.7. The van der Waals surface area contributed by atoms with E-state index in [4.69, 9.17) is 10.3 Å². The number of unbranched alkanes of at least 4 members (excludes halogenated alkanes) is 2. The minimum Gasteiger partial charge on any atom is -0.353 e. The molecule has 0 saturated heterocycles. The van der Waals surface area contributed by atoms with Crippen molar-refractivity contribution in [3.63, 3.8) is 0 Å². The Kier molecular flexibility index (Phi) is 8.41. The number of azide groups is 1. The lowest BCUT2D eigenvalue weighted by atomic mass is 9.80. The smallest absolute Gasteiger partial charge is 0.158 e. The third kappa shape index (κ3) is 5.82. The molecule has 0 saturated carbocycles. The average molecular weight is 414 g/mol. The molecule has 0 aliphatic heterocycles. The fourth-order valence-corrected chi connectivity index (χ4v) is 3.76. The predicted molar refractivity (Wildman–Crippen MR) is 123 cm³/mol. The molecule has 0 aliphatic rings. The van der Waals surface area contributed by atoms with E-state index in [-0.39, 0.29) is 12.4 Å². The van der Waals surface area contributed by atoms with Crippen molar-refractivity contribution in [2.24, 2.45) is 5.11 Å². The van der Waals surface area contributed by atoms with Gasteiger partial charge in [0.1, 0.15) is 12.2 Å². The number of ketones is 1. The Labute approximate surface area is 183 Å². The highest BCUT2D eigenvalue weighted by Crippen LogP contribution is 2.40. The zero-order chi connectivity index (χ0) is 21.8. The Bertz CT molecular complexity index is 888. The van der Waals surface area contributed by atoms with E-state index in [1.165, 1.54) is 0 Å². The van der Waals surface area contributed by atoms with Crippen LogP contribution in [0.2, 0.25) is 0 Å². The molecule has 3 rings (SSSR count).